The fourth-order valence-electron chi connectivity index (χ4n) is 2.74. The van der Waals surface area contributed by atoms with Crippen LogP contribution >= 0.6 is 0 Å². The van der Waals surface area contributed by atoms with Crippen molar-refractivity contribution in [2.24, 2.45) is 5.41 Å². The molecule has 21 heavy (non-hydrogen) atoms. The third-order valence-corrected chi connectivity index (χ3v) is 4.02. The minimum absolute atomic E-state index is 0.0982. The van der Waals surface area contributed by atoms with Crippen molar-refractivity contribution in [2.45, 2.75) is 33.1 Å². The van der Waals surface area contributed by atoms with Gasteiger partial charge in [0.2, 0.25) is 0 Å². The topological polar surface area (TPSA) is 66.3 Å². The van der Waals surface area contributed by atoms with Crippen LogP contribution in [0.5, 0.6) is 0 Å². The third-order valence-electron chi connectivity index (χ3n) is 4.02. The molecule has 5 nitrogen and oxygen atoms in total. The Labute approximate surface area is 125 Å². The second-order valence-corrected chi connectivity index (χ2v) is 6.08. The highest BCUT2D eigenvalue weighted by molar-refractivity contribution is 5.92. The van der Waals surface area contributed by atoms with Crippen molar-refractivity contribution >= 4 is 5.91 Å². The van der Waals surface area contributed by atoms with Crippen LogP contribution in [0.2, 0.25) is 0 Å². The average molecular weight is 289 g/mol. The predicted octanol–water partition coefficient (Wildman–Crippen LogP) is 2.05. The molecule has 0 aliphatic carbocycles. The lowest BCUT2D eigenvalue weighted by molar-refractivity contribution is 0.0280. The molecule has 1 atom stereocenters. The molecule has 0 radical (unpaired) electrons. The Kier molecular flexibility index (Phi) is 5.07. The summed E-state index contributed by atoms with van der Waals surface area (Å²) in [5.74, 6) is -0.0992. The lowest BCUT2D eigenvalue weighted by Gasteiger charge is -2.41. The van der Waals surface area contributed by atoms with Crippen molar-refractivity contribution in [2.75, 3.05) is 19.7 Å². The lowest BCUT2D eigenvalue weighted by atomic mass is 9.77. The highest BCUT2D eigenvalue weighted by atomic mass is 16.3. The van der Waals surface area contributed by atoms with Crippen LogP contribution in [0.15, 0.2) is 30.0 Å². The smallest absolute Gasteiger partial charge is 0.274 e. The number of amides is 1. The molecular formula is C16H23N3O2. The van der Waals surface area contributed by atoms with Gasteiger partial charge in [-0.05, 0) is 45.2 Å². The molecule has 0 spiro atoms. The number of hydrogen-bond donors (Lipinski definition) is 1. The van der Waals surface area contributed by atoms with E-state index in [9.17, 15) is 9.90 Å². The monoisotopic (exact) mass is 289 g/mol. The molecule has 1 fully saturated rings. The number of carbonyl (C=O) groups excluding carboxylic acids is 1. The maximum atomic E-state index is 12.5. The fourth-order valence-corrected chi connectivity index (χ4v) is 2.74. The van der Waals surface area contributed by atoms with E-state index in [1.54, 1.807) is 23.2 Å². The molecule has 2 rings (SSSR count). The molecule has 2 heterocycles. The van der Waals surface area contributed by atoms with Gasteiger partial charge in [-0.15, -0.1) is 5.10 Å². The average Bonchev–Trinajstić information content (AvgIpc) is 2.53. The summed E-state index contributed by atoms with van der Waals surface area (Å²) in [4.78, 5) is 14.3. The molecule has 1 unspecified atom stereocenters. The van der Waals surface area contributed by atoms with Gasteiger partial charge in [0.1, 0.15) is 0 Å². The van der Waals surface area contributed by atoms with Crippen molar-refractivity contribution in [1.29, 1.82) is 0 Å². The molecule has 1 saturated heterocycles. The standard InChI is InChI=1S/C16H23N3O2/c1-13(2)6-8-16(12-20)7-4-10-19(11-16)15(21)14-5-3-9-17-18-14/h3,5-6,9,20H,4,7-8,10-12H2,1-2H3. The summed E-state index contributed by atoms with van der Waals surface area (Å²) in [7, 11) is 0. The molecule has 0 bridgehead atoms. The molecule has 1 aliphatic heterocycles. The SMILES string of the molecule is CC(C)=CCC1(CO)CCCN(C(=O)c2cccnn2)C1. The zero-order valence-corrected chi connectivity index (χ0v) is 12.7. The highest BCUT2D eigenvalue weighted by Gasteiger charge is 2.36. The zero-order valence-electron chi connectivity index (χ0n) is 12.7. The maximum Gasteiger partial charge on any atom is 0.274 e. The predicted molar refractivity (Wildman–Crippen MR) is 80.7 cm³/mol. The molecule has 1 aromatic heterocycles. The molecule has 0 saturated carbocycles. The number of aliphatic hydroxyl groups is 1. The van der Waals surface area contributed by atoms with Crippen LogP contribution < -0.4 is 0 Å². The number of carbonyl (C=O) groups is 1. The number of rotatable bonds is 4. The van der Waals surface area contributed by atoms with Gasteiger partial charge in [0.15, 0.2) is 5.69 Å². The van der Waals surface area contributed by atoms with Crippen molar-refractivity contribution in [3.05, 3.63) is 35.7 Å². The molecule has 1 aliphatic rings. The number of nitrogens with zero attached hydrogens (tertiary/aromatic N) is 3. The molecule has 1 amide bonds. The Hall–Kier alpha value is -1.75. The maximum absolute atomic E-state index is 12.5. The van der Waals surface area contributed by atoms with E-state index in [-0.39, 0.29) is 17.9 Å². The Morgan fingerprint density at radius 2 is 2.33 bits per heavy atom. The second-order valence-electron chi connectivity index (χ2n) is 6.08. The number of allylic oxidation sites excluding steroid dienone is 2. The van der Waals surface area contributed by atoms with E-state index in [2.05, 4.69) is 30.1 Å². The zero-order chi connectivity index (χ0) is 15.3. The number of aliphatic hydroxyl groups excluding tert-OH is 1. The first-order valence-electron chi connectivity index (χ1n) is 7.37. The molecule has 0 aromatic carbocycles. The summed E-state index contributed by atoms with van der Waals surface area (Å²) >= 11 is 0. The van der Waals surface area contributed by atoms with E-state index in [4.69, 9.17) is 0 Å². The van der Waals surface area contributed by atoms with Gasteiger partial charge in [0.05, 0.1) is 6.61 Å². The van der Waals surface area contributed by atoms with E-state index in [1.807, 2.05) is 0 Å². The van der Waals surface area contributed by atoms with Crippen LogP contribution in [0.25, 0.3) is 0 Å². The van der Waals surface area contributed by atoms with Crippen molar-refractivity contribution in [1.82, 2.24) is 15.1 Å². The summed E-state index contributed by atoms with van der Waals surface area (Å²) in [6.07, 6.45) is 6.35. The minimum Gasteiger partial charge on any atom is -0.396 e. The molecule has 114 valence electrons. The van der Waals surface area contributed by atoms with Gasteiger partial charge in [0.25, 0.3) is 5.91 Å². The Balaban J connectivity index is 2.12. The molecular weight excluding hydrogens is 266 g/mol. The van der Waals surface area contributed by atoms with Gasteiger partial charge in [-0.1, -0.05) is 11.6 Å². The molecule has 1 N–H and O–H groups in total. The van der Waals surface area contributed by atoms with E-state index >= 15 is 0 Å². The van der Waals surface area contributed by atoms with Gasteiger partial charge in [-0.3, -0.25) is 4.79 Å². The number of aromatic nitrogens is 2. The van der Waals surface area contributed by atoms with Crippen molar-refractivity contribution < 1.29 is 9.90 Å². The van der Waals surface area contributed by atoms with Gasteiger partial charge in [-0.25, -0.2) is 0 Å². The largest absolute Gasteiger partial charge is 0.396 e. The van der Waals surface area contributed by atoms with E-state index in [0.29, 0.717) is 18.8 Å². The number of likely N-dealkylation sites (tertiary alicyclic amines) is 1. The first-order chi connectivity index (χ1) is 10.1. The Morgan fingerprint density at radius 3 is 2.95 bits per heavy atom. The third kappa shape index (κ3) is 3.88. The van der Waals surface area contributed by atoms with E-state index < -0.39 is 0 Å². The normalized spacial score (nSPS) is 22.0. The van der Waals surface area contributed by atoms with Gasteiger partial charge in [-0.2, -0.15) is 5.10 Å². The van der Waals surface area contributed by atoms with E-state index in [0.717, 1.165) is 19.3 Å². The van der Waals surface area contributed by atoms with Crippen LogP contribution in [0.1, 0.15) is 43.6 Å². The van der Waals surface area contributed by atoms with Gasteiger partial charge in [0, 0.05) is 24.7 Å². The van der Waals surface area contributed by atoms with Gasteiger partial charge >= 0.3 is 0 Å². The fraction of sp³-hybridized carbons (Fsp3) is 0.562. The minimum atomic E-state index is -0.229. The van der Waals surface area contributed by atoms with Crippen LogP contribution in [-0.4, -0.2) is 45.8 Å². The van der Waals surface area contributed by atoms with Crippen molar-refractivity contribution in [3.8, 4) is 0 Å². The number of piperidine rings is 1. The summed E-state index contributed by atoms with van der Waals surface area (Å²) in [6, 6.07) is 3.40. The van der Waals surface area contributed by atoms with Crippen LogP contribution in [0.3, 0.4) is 0 Å². The summed E-state index contributed by atoms with van der Waals surface area (Å²) in [5, 5.41) is 17.5. The first kappa shape index (κ1) is 15.6. The highest BCUT2D eigenvalue weighted by Crippen LogP contribution is 2.34. The van der Waals surface area contributed by atoms with Crippen molar-refractivity contribution in [3.63, 3.8) is 0 Å². The van der Waals surface area contributed by atoms with Crippen LogP contribution in [-0.2, 0) is 0 Å². The quantitative estimate of drug-likeness (QED) is 0.861. The summed E-state index contributed by atoms with van der Waals surface area (Å²) < 4.78 is 0. The molecule has 1 aromatic rings. The Morgan fingerprint density at radius 1 is 1.52 bits per heavy atom. The summed E-state index contributed by atoms with van der Waals surface area (Å²) in [6.45, 7) is 5.49. The first-order valence-corrected chi connectivity index (χ1v) is 7.37. The molecule has 5 heteroatoms. The van der Waals surface area contributed by atoms with Crippen LogP contribution in [0.4, 0.5) is 0 Å². The second kappa shape index (κ2) is 6.80. The lowest BCUT2D eigenvalue weighted by Crippen LogP contribution is -2.48. The summed E-state index contributed by atoms with van der Waals surface area (Å²) in [5.41, 5.74) is 1.38. The van der Waals surface area contributed by atoms with Gasteiger partial charge < -0.3 is 10.0 Å². The Bertz CT molecular complexity index is 512. The van der Waals surface area contributed by atoms with E-state index in [1.165, 1.54) is 5.57 Å². The number of hydrogen-bond acceptors (Lipinski definition) is 4. The van der Waals surface area contributed by atoms with Crippen LogP contribution in [0, 0.1) is 5.41 Å².